The number of benzene rings is 1. The van der Waals surface area contributed by atoms with Crippen LogP contribution in [-0.4, -0.2) is 29.0 Å². The zero-order valence-electron chi connectivity index (χ0n) is 13.7. The molecule has 2 heterocycles. The second kappa shape index (κ2) is 7.29. The molecule has 0 radical (unpaired) electrons. The van der Waals surface area contributed by atoms with Crippen LogP contribution in [0.4, 0.5) is 0 Å². The second-order valence-corrected chi connectivity index (χ2v) is 6.01. The highest BCUT2D eigenvalue weighted by Gasteiger charge is 2.23. The number of aryl methyl sites for hydroxylation is 1. The number of para-hydroxylation sites is 1. The monoisotopic (exact) mass is 327 g/mol. The Bertz CT molecular complexity index is 785. The molecule has 6 heteroatoms. The molecule has 0 saturated carbocycles. The van der Waals surface area contributed by atoms with Crippen molar-refractivity contribution in [2.24, 2.45) is 5.92 Å². The number of nitrogens with one attached hydrogen (secondary N) is 2. The van der Waals surface area contributed by atoms with E-state index in [0.29, 0.717) is 43.9 Å². The van der Waals surface area contributed by atoms with Crippen molar-refractivity contribution < 1.29 is 9.53 Å². The Morgan fingerprint density at radius 1 is 1.42 bits per heavy atom. The third-order valence-corrected chi connectivity index (χ3v) is 4.13. The van der Waals surface area contributed by atoms with Crippen LogP contribution < -0.4 is 15.6 Å². The zero-order valence-corrected chi connectivity index (χ0v) is 13.7. The second-order valence-electron chi connectivity index (χ2n) is 6.01. The Labute approximate surface area is 140 Å². The van der Waals surface area contributed by atoms with Gasteiger partial charge in [-0.05, 0) is 31.4 Å². The number of carbonyl (C=O) groups excluding carboxylic acids is 1. The number of hydrogen-bond donors (Lipinski definition) is 2. The molecule has 6 nitrogen and oxygen atoms in total. The van der Waals surface area contributed by atoms with Crippen molar-refractivity contribution >= 4 is 5.91 Å². The lowest BCUT2D eigenvalue weighted by atomic mass is 9.96. The number of amides is 1. The van der Waals surface area contributed by atoms with Gasteiger partial charge in [0.15, 0.2) is 0 Å². The van der Waals surface area contributed by atoms with Gasteiger partial charge < -0.3 is 15.0 Å². The zero-order chi connectivity index (χ0) is 16.9. The molecule has 0 bridgehead atoms. The van der Waals surface area contributed by atoms with Gasteiger partial charge in [0.05, 0.1) is 6.61 Å². The predicted octanol–water partition coefficient (Wildman–Crippen LogP) is 1.38. The van der Waals surface area contributed by atoms with E-state index in [1.165, 1.54) is 6.07 Å². The average molecular weight is 327 g/mol. The van der Waals surface area contributed by atoms with E-state index in [9.17, 15) is 9.59 Å². The molecule has 0 unspecified atom stereocenters. The first kappa shape index (κ1) is 16.2. The smallest absolute Gasteiger partial charge is 0.251 e. The number of nitrogens with zero attached hydrogens (tertiary/aromatic N) is 1. The van der Waals surface area contributed by atoms with Gasteiger partial charge in [-0.1, -0.05) is 18.2 Å². The van der Waals surface area contributed by atoms with E-state index in [4.69, 9.17) is 4.74 Å². The third-order valence-electron chi connectivity index (χ3n) is 4.13. The van der Waals surface area contributed by atoms with Gasteiger partial charge in [-0.25, -0.2) is 4.98 Å². The van der Waals surface area contributed by atoms with Gasteiger partial charge in [0, 0.05) is 30.6 Å². The molecule has 2 aromatic rings. The molecular weight excluding hydrogens is 306 g/mol. The maximum Gasteiger partial charge on any atom is 0.251 e. The van der Waals surface area contributed by atoms with Gasteiger partial charge in [-0.3, -0.25) is 9.59 Å². The largest absolute Gasteiger partial charge is 0.493 e. The molecule has 1 aliphatic rings. The molecule has 0 saturated heterocycles. The molecular formula is C18H21N3O3. The summed E-state index contributed by atoms with van der Waals surface area (Å²) in [6, 6.07) is 9.31. The SMILES string of the molecule is Cc1nc(CCNC(=O)[C@@H]2CCOc3ccccc3C2)cc(=O)[nH]1. The molecule has 1 aliphatic heterocycles. The fourth-order valence-electron chi connectivity index (χ4n) is 2.94. The van der Waals surface area contributed by atoms with E-state index in [2.05, 4.69) is 15.3 Å². The Balaban J connectivity index is 1.56. The average Bonchev–Trinajstić information content (AvgIpc) is 2.76. The quantitative estimate of drug-likeness (QED) is 0.888. The van der Waals surface area contributed by atoms with E-state index >= 15 is 0 Å². The molecule has 24 heavy (non-hydrogen) atoms. The van der Waals surface area contributed by atoms with Crippen molar-refractivity contribution in [3.63, 3.8) is 0 Å². The molecule has 0 spiro atoms. The lowest BCUT2D eigenvalue weighted by Gasteiger charge is -2.13. The van der Waals surface area contributed by atoms with Crippen LogP contribution in [0.1, 0.15) is 23.5 Å². The fraction of sp³-hybridized carbons (Fsp3) is 0.389. The predicted molar refractivity (Wildman–Crippen MR) is 90.1 cm³/mol. The Morgan fingerprint density at radius 2 is 2.25 bits per heavy atom. The maximum absolute atomic E-state index is 12.4. The number of aromatic nitrogens is 2. The number of ether oxygens (including phenoxy) is 1. The minimum atomic E-state index is -0.165. The summed E-state index contributed by atoms with van der Waals surface area (Å²) in [5.74, 6) is 1.39. The lowest BCUT2D eigenvalue weighted by Crippen LogP contribution is -2.33. The maximum atomic E-state index is 12.4. The number of aromatic amines is 1. The normalized spacial score (nSPS) is 16.6. The van der Waals surface area contributed by atoms with Crippen LogP contribution >= 0.6 is 0 Å². The molecule has 126 valence electrons. The highest BCUT2D eigenvalue weighted by molar-refractivity contribution is 5.79. The van der Waals surface area contributed by atoms with Crippen LogP contribution in [0.2, 0.25) is 0 Å². The van der Waals surface area contributed by atoms with Gasteiger partial charge >= 0.3 is 0 Å². The van der Waals surface area contributed by atoms with Crippen LogP contribution in [0.15, 0.2) is 35.1 Å². The Kier molecular flexibility index (Phi) is 4.93. The fourth-order valence-corrected chi connectivity index (χ4v) is 2.94. The van der Waals surface area contributed by atoms with Crippen LogP contribution in [0.25, 0.3) is 0 Å². The minimum absolute atomic E-state index is 0.0249. The lowest BCUT2D eigenvalue weighted by molar-refractivity contribution is -0.125. The van der Waals surface area contributed by atoms with Crippen LogP contribution in [0.3, 0.4) is 0 Å². The summed E-state index contributed by atoms with van der Waals surface area (Å²) in [4.78, 5) is 30.7. The standard InChI is InChI=1S/C18H21N3O3/c1-12-20-15(11-17(22)21-12)6-8-19-18(23)14-7-9-24-16-5-3-2-4-13(16)10-14/h2-5,11,14H,6-10H2,1H3,(H,19,23)(H,20,21,22)/t14-/m1/s1. The summed E-state index contributed by atoms with van der Waals surface area (Å²) in [6.45, 7) is 2.75. The highest BCUT2D eigenvalue weighted by Crippen LogP contribution is 2.26. The van der Waals surface area contributed by atoms with Crippen molar-refractivity contribution in [2.45, 2.75) is 26.2 Å². The topological polar surface area (TPSA) is 84.1 Å². The molecule has 0 fully saturated rings. The van der Waals surface area contributed by atoms with Crippen molar-refractivity contribution in [1.82, 2.24) is 15.3 Å². The first-order chi connectivity index (χ1) is 11.6. The number of rotatable bonds is 4. The number of hydrogen-bond acceptors (Lipinski definition) is 4. The van der Waals surface area contributed by atoms with Crippen LogP contribution in [0, 0.1) is 12.8 Å². The van der Waals surface area contributed by atoms with Crippen molar-refractivity contribution in [3.05, 3.63) is 57.8 Å². The first-order valence-electron chi connectivity index (χ1n) is 8.17. The van der Waals surface area contributed by atoms with Crippen LogP contribution in [-0.2, 0) is 17.6 Å². The molecule has 2 N–H and O–H groups in total. The van der Waals surface area contributed by atoms with Crippen molar-refractivity contribution in [1.29, 1.82) is 0 Å². The molecule has 0 aliphatic carbocycles. The third kappa shape index (κ3) is 4.01. The number of carbonyl (C=O) groups is 1. The number of fused-ring (bicyclic) bond motifs is 1. The van der Waals surface area contributed by atoms with E-state index in [1.807, 2.05) is 24.3 Å². The molecule has 1 atom stereocenters. The van der Waals surface area contributed by atoms with Crippen LogP contribution in [0.5, 0.6) is 5.75 Å². The summed E-state index contributed by atoms with van der Waals surface area (Å²) in [5.41, 5.74) is 1.59. The summed E-state index contributed by atoms with van der Waals surface area (Å²) in [6.07, 6.45) is 1.92. The highest BCUT2D eigenvalue weighted by atomic mass is 16.5. The van der Waals surface area contributed by atoms with E-state index < -0.39 is 0 Å². The van der Waals surface area contributed by atoms with E-state index in [-0.39, 0.29) is 17.4 Å². The van der Waals surface area contributed by atoms with Crippen molar-refractivity contribution in [2.75, 3.05) is 13.2 Å². The molecule has 1 aromatic heterocycles. The minimum Gasteiger partial charge on any atom is -0.493 e. The summed E-state index contributed by atoms with van der Waals surface area (Å²) < 4.78 is 5.70. The Hall–Kier alpha value is -2.63. The molecule has 1 amide bonds. The van der Waals surface area contributed by atoms with Gasteiger partial charge in [0.1, 0.15) is 11.6 Å². The van der Waals surface area contributed by atoms with E-state index in [0.717, 1.165) is 11.3 Å². The van der Waals surface area contributed by atoms with Gasteiger partial charge in [-0.2, -0.15) is 0 Å². The Morgan fingerprint density at radius 3 is 3.08 bits per heavy atom. The van der Waals surface area contributed by atoms with Gasteiger partial charge in [0.25, 0.3) is 5.56 Å². The van der Waals surface area contributed by atoms with E-state index in [1.54, 1.807) is 6.92 Å². The summed E-state index contributed by atoms with van der Waals surface area (Å²) >= 11 is 0. The summed E-state index contributed by atoms with van der Waals surface area (Å²) in [7, 11) is 0. The molecule has 1 aromatic carbocycles. The number of H-pyrrole nitrogens is 1. The summed E-state index contributed by atoms with van der Waals surface area (Å²) in [5, 5.41) is 2.95. The van der Waals surface area contributed by atoms with Crippen molar-refractivity contribution in [3.8, 4) is 5.75 Å². The molecule has 3 rings (SSSR count). The van der Waals surface area contributed by atoms with Gasteiger partial charge in [0.2, 0.25) is 5.91 Å². The first-order valence-corrected chi connectivity index (χ1v) is 8.17. The van der Waals surface area contributed by atoms with Gasteiger partial charge in [-0.15, -0.1) is 0 Å².